The minimum atomic E-state index is -3.55. The minimum Gasteiger partial charge on any atom is -0.398 e. The summed E-state index contributed by atoms with van der Waals surface area (Å²) < 4.78 is 27.9. The zero-order valence-corrected chi connectivity index (χ0v) is 14.1. The highest BCUT2D eigenvalue weighted by molar-refractivity contribution is 9.11. The van der Waals surface area contributed by atoms with Gasteiger partial charge in [0.2, 0.25) is 10.0 Å². The van der Waals surface area contributed by atoms with Crippen LogP contribution < -0.4 is 10.5 Å². The maximum atomic E-state index is 12.2. The number of anilines is 1. The van der Waals surface area contributed by atoms with Crippen LogP contribution >= 0.6 is 27.3 Å². The number of hydrogen-bond donors (Lipinski definition) is 2. The van der Waals surface area contributed by atoms with E-state index in [1.165, 1.54) is 6.07 Å². The third-order valence-electron chi connectivity index (χ3n) is 2.75. The number of hydrogen-bond acceptors (Lipinski definition) is 4. The van der Waals surface area contributed by atoms with Crippen LogP contribution in [-0.4, -0.2) is 15.0 Å². The number of thiophene rings is 1. The smallest absolute Gasteiger partial charge is 0.242 e. The third-order valence-corrected chi connectivity index (χ3v) is 5.97. The molecule has 0 atom stereocenters. The molecule has 0 fully saturated rings. The van der Waals surface area contributed by atoms with Crippen molar-refractivity contribution in [1.82, 2.24) is 4.72 Å². The summed E-state index contributed by atoms with van der Waals surface area (Å²) in [7, 11) is -3.55. The maximum Gasteiger partial charge on any atom is 0.242 e. The molecule has 108 valence electrons. The molecule has 0 unspecified atom stereocenters. The Bertz CT molecular complexity index is 711. The lowest BCUT2D eigenvalue weighted by Gasteiger charge is -2.09. The van der Waals surface area contributed by atoms with Gasteiger partial charge in [0.05, 0.1) is 9.47 Å². The number of nitrogens with one attached hydrogen (secondary N) is 1. The van der Waals surface area contributed by atoms with E-state index in [-0.39, 0.29) is 10.6 Å². The molecule has 1 aromatic heterocycles. The van der Waals surface area contributed by atoms with Gasteiger partial charge in [-0.1, -0.05) is 6.07 Å². The van der Waals surface area contributed by atoms with Gasteiger partial charge in [-0.2, -0.15) is 0 Å². The molecule has 0 bridgehead atoms. The van der Waals surface area contributed by atoms with Crippen LogP contribution in [0.5, 0.6) is 0 Å². The Kier molecular flexibility index (Phi) is 4.85. The zero-order valence-electron chi connectivity index (χ0n) is 10.9. The first-order chi connectivity index (χ1) is 9.38. The van der Waals surface area contributed by atoms with Crippen LogP contribution in [0.3, 0.4) is 0 Å². The number of rotatable bonds is 5. The molecule has 0 saturated carbocycles. The molecule has 0 aliphatic rings. The Morgan fingerprint density at radius 3 is 2.65 bits per heavy atom. The molecule has 7 heteroatoms. The molecule has 20 heavy (non-hydrogen) atoms. The van der Waals surface area contributed by atoms with Crippen molar-refractivity contribution in [1.29, 1.82) is 0 Å². The van der Waals surface area contributed by atoms with Crippen LogP contribution in [0.15, 0.2) is 39.0 Å². The fourth-order valence-corrected chi connectivity index (χ4v) is 4.41. The van der Waals surface area contributed by atoms with Gasteiger partial charge >= 0.3 is 0 Å². The summed E-state index contributed by atoms with van der Waals surface area (Å²) in [5.74, 6) is 0. The molecular weight excluding hydrogens is 360 g/mol. The molecule has 1 aromatic carbocycles. The summed E-state index contributed by atoms with van der Waals surface area (Å²) in [4.78, 5) is 1.26. The molecule has 2 rings (SSSR count). The highest BCUT2D eigenvalue weighted by atomic mass is 79.9. The van der Waals surface area contributed by atoms with Crippen LogP contribution in [0, 0.1) is 6.92 Å². The standard InChI is InChI=1S/C13H15BrN2O2S2/c1-9-2-4-12(11(15)8-9)20(17,18)16-7-6-10-3-5-13(14)19-10/h2-5,8,16H,6-7,15H2,1H3. The second-order valence-corrected chi connectivity index (χ2v) is 8.68. The van der Waals surface area contributed by atoms with Gasteiger partial charge < -0.3 is 5.73 Å². The Balaban J connectivity index is 2.04. The highest BCUT2D eigenvalue weighted by Gasteiger charge is 2.16. The zero-order chi connectivity index (χ0) is 14.8. The molecule has 0 aliphatic heterocycles. The molecule has 3 N–H and O–H groups in total. The molecule has 0 amide bonds. The first-order valence-electron chi connectivity index (χ1n) is 5.98. The second kappa shape index (κ2) is 6.26. The van der Waals surface area contributed by atoms with Crippen molar-refractivity contribution in [2.45, 2.75) is 18.2 Å². The van der Waals surface area contributed by atoms with Crippen LogP contribution in [-0.2, 0) is 16.4 Å². The van der Waals surface area contributed by atoms with E-state index in [0.29, 0.717) is 13.0 Å². The number of nitrogen functional groups attached to an aromatic ring is 1. The van der Waals surface area contributed by atoms with E-state index in [1.54, 1.807) is 23.5 Å². The van der Waals surface area contributed by atoms with E-state index in [2.05, 4.69) is 20.7 Å². The largest absolute Gasteiger partial charge is 0.398 e. The van der Waals surface area contributed by atoms with Crippen molar-refractivity contribution in [2.24, 2.45) is 0 Å². The van der Waals surface area contributed by atoms with Crippen molar-refractivity contribution in [3.63, 3.8) is 0 Å². The van der Waals surface area contributed by atoms with E-state index in [4.69, 9.17) is 5.73 Å². The number of sulfonamides is 1. The van der Waals surface area contributed by atoms with Gasteiger partial charge in [-0.3, -0.25) is 0 Å². The lowest BCUT2D eigenvalue weighted by molar-refractivity contribution is 0.582. The maximum absolute atomic E-state index is 12.2. The van der Waals surface area contributed by atoms with Crippen LogP contribution in [0.2, 0.25) is 0 Å². The average molecular weight is 375 g/mol. The Morgan fingerprint density at radius 2 is 2.05 bits per heavy atom. The van der Waals surface area contributed by atoms with Gasteiger partial charge in [0.25, 0.3) is 0 Å². The normalized spacial score (nSPS) is 11.7. The summed E-state index contributed by atoms with van der Waals surface area (Å²) in [6, 6.07) is 8.86. The van der Waals surface area contributed by atoms with Crippen LogP contribution in [0.4, 0.5) is 5.69 Å². The number of aryl methyl sites for hydroxylation is 1. The monoisotopic (exact) mass is 374 g/mol. The lowest BCUT2D eigenvalue weighted by atomic mass is 10.2. The summed E-state index contributed by atoms with van der Waals surface area (Å²) >= 11 is 4.98. The number of halogens is 1. The van der Waals surface area contributed by atoms with Crippen molar-refractivity contribution in [3.05, 3.63) is 44.6 Å². The molecule has 0 saturated heterocycles. The van der Waals surface area contributed by atoms with Crippen molar-refractivity contribution < 1.29 is 8.42 Å². The number of benzene rings is 1. The van der Waals surface area contributed by atoms with Crippen molar-refractivity contribution in [2.75, 3.05) is 12.3 Å². The Labute approximate surface area is 131 Å². The highest BCUT2D eigenvalue weighted by Crippen LogP contribution is 2.23. The molecule has 2 aromatic rings. The van der Waals surface area contributed by atoms with E-state index >= 15 is 0 Å². The molecule has 0 aliphatic carbocycles. The van der Waals surface area contributed by atoms with Crippen LogP contribution in [0.1, 0.15) is 10.4 Å². The van der Waals surface area contributed by atoms with Gasteiger partial charge in [-0.25, -0.2) is 13.1 Å². The molecule has 0 spiro atoms. The first kappa shape index (κ1) is 15.5. The van der Waals surface area contributed by atoms with Gasteiger partial charge in [-0.15, -0.1) is 11.3 Å². The average Bonchev–Trinajstić information content (AvgIpc) is 2.74. The van der Waals surface area contributed by atoms with Gasteiger partial charge in [0, 0.05) is 11.4 Å². The summed E-state index contributed by atoms with van der Waals surface area (Å²) in [6.07, 6.45) is 0.654. The quantitative estimate of drug-likeness (QED) is 0.790. The molecule has 4 nitrogen and oxygen atoms in total. The van der Waals surface area contributed by atoms with E-state index in [9.17, 15) is 8.42 Å². The van der Waals surface area contributed by atoms with Crippen molar-refractivity contribution >= 4 is 43.0 Å². The SMILES string of the molecule is Cc1ccc(S(=O)(=O)NCCc2ccc(Br)s2)c(N)c1. The number of nitrogens with two attached hydrogens (primary N) is 1. The first-order valence-corrected chi connectivity index (χ1v) is 9.08. The Morgan fingerprint density at radius 1 is 1.30 bits per heavy atom. The Hall–Kier alpha value is -0.890. The molecule has 1 heterocycles. The fraction of sp³-hybridized carbons (Fsp3) is 0.231. The van der Waals surface area contributed by atoms with Crippen LogP contribution in [0.25, 0.3) is 0 Å². The lowest BCUT2D eigenvalue weighted by Crippen LogP contribution is -2.26. The van der Waals surface area contributed by atoms with Gasteiger partial charge in [0.15, 0.2) is 0 Å². The van der Waals surface area contributed by atoms with E-state index in [0.717, 1.165) is 14.2 Å². The molecule has 0 radical (unpaired) electrons. The minimum absolute atomic E-state index is 0.135. The summed E-state index contributed by atoms with van der Waals surface area (Å²) in [5, 5.41) is 0. The van der Waals surface area contributed by atoms with Crippen molar-refractivity contribution in [3.8, 4) is 0 Å². The third kappa shape index (κ3) is 3.82. The second-order valence-electron chi connectivity index (χ2n) is 4.39. The topological polar surface area (TPSA) is 72.2 Å². The predicted octanol–water partition coefficient (Wildman–Crippen LogP) is 2.92. The van der Waals surface area contributed by atoms with Gasteiger partial charge in [0.1, 0.15) is 4.90 Å². The van der Waals surface area contributed by atoms with E-state index < -0.39 is 10.0 Å². The summed E-state index contributed by atoms with van der Waals surface area (Å²) in [5.41, 5.74) is 6.98. The van der Waals surface area contributed by atoms with E-state index in [1.807, 2.05) is 19.1 Å². The fourth-order valence-electron chi connectivity index (χ4n) is 1.79. The molecular formula is C13H15BrN2O2S2. The summed E-state index contributed by atoms with van der Waals surface area (Å²) in [6.45, 7) is 2.22. The van der Waals surface area contributed by atoms with Gasteiger partial charge in [-0.05, 0) is 59.1 Å². The predicted molar refractivity (Wildman–Crippen MR) is 86.5 cm³/mol.